The van der Waals surface area contributed by atoms with Crippen LogP contribution in [0.3, 0.4) is 0 Å². The molecule has 3 rings (SSSR count). The standard InChI is InChI=1S/C19H20FN3O4S/c1-26-17-8-3-14(20)10-18(17)28(24,25)23-15-4-6-16(7-5-15)27-19-9-2-13(11-21)12-22-19/h2-3,8-10,12,15-16,23H,4-7H2,1H3. The van der Waals surface area contributed by atoms with Crippen LogP contribution in [0, 0.1) is 17.1 Å². The smallest absolute Gasteiger partial charge is 0.244 e. The zero-order valence-electron chi connectivity index (χ0n) is 15.3. The molecule has 0 unspecified atom stereocenters. The number of hydrogen-bond acceptors (Lipinski definition) is 6. The van der Waals surface area contributed by atoms with Crippen molar-refractivity contribution in [1.29, 1.82) is 5.26 Å². The summed E-state index contributed by atoms with van der Waals surface area (Å²) in [6, 6.07) is 8.39. The Labute approximate surface area is 163 Å². The van der Waals surface area contributed by atoms with Gasteiger partial charge in [0.15, 0.2) is 0 Å². The number of halogens is 1. The van der Waals surface area contributed by atoms with E-state index in [-0.39, 0.29) is 22.8 Å². The molecule has 2 aromatic rings. The average molecular weight is 405 g/mol. The van der Waals surface area contributed by atoms with Crippen LogP contribution < -0.4 is 14.2 Å². The molecule has 0 amide bonds. The molecule has 0 saturated heterocycles. The molecule has 28 heavy (non-hydrogen) atoms. The Morgan fingerprint density at radius 2 is 1.96 bits per heavy atom. The first-order valence-electron chi connectivity index (χ1n) is 8.80. The van der Waals surface area contributed by atoms with Crippen molar-refractivity contribution >= 4 is 10.0 Å². The van der Waals surface area contributed by atoms with E-state index >= 15 is 0 Å². The number of hydrogen-bond donors (Lipinski definition) is 1. The van der Waals surface area contributed by atoms with E-state index in [2.05, 4.69) is 9.71 Å². The number of rotatable bonds is 6. The highest BCUT2D eigenvalue weighted by Gasteiger charge is 2.28. The molecule has 1 aliphatic rings. The van der Waals surface area contributed by atoms with Crippen molar-refractivity contribution in [3.05, 3.63) is 47.9 Å². The summed E-state index contributed by atoms with van der Waals surface area (Å²) in [7, 11) is -2.57. The summed E-state index contributed by atoms with van der Waals surface area (Å²) >= 11 is 0. The van der Waals surface area contributed by atoms with E-state index in [0.717, 1.165) is 12.1 Å². The van der Waals surface area contributed by atoms with Crippen molar-refractivity contribution in [2.24, 2.45) is 0 Å². The van der Waals surface area contributed by atoms with Crippen LogP contribution in [0.4, 0.5) is 4.39 Å². The zero-order valence-corrected chi connectivity index (χ0v) is 16.1. The summed E-state index contributed by atoms with van der Waals surface area (Å²) in [4.78, 5) is 3.87. The molecule has 148 valence electrons. The van der Waals surface area contributed by atoms with Crippen molar-refractivity contribution < 1.29 is 22.3 Å². The quantitative estimate of drug-likeness (QED) is 0.793. The maximum atomic E-state index is 13.5. The van der Waals surface area contributed by atoms with Gasteiger partial charge in [0.2, 0.25) is 15.9 Å². The van der Waals surface area contributed by atoms with Gasteiger partial charge in [0.25, 0.3) is 0 Å². The van der Waals surface area contributed by atoms with Crippen LogP contribution in [0.2, 0.25) is 0 Å². The van der Waals surface area contributed by atoms with Gasteiger partial charge in [-0.05, 0) is 49.9 Å². The number of ether oxygens (including phenoxy) is 2. The van der Waals surface area contributed by atoms with Gasteiger partial charge in [-0.1, -0.05) is 0 Å². The molecular weight excluding hydrogens is 385 g/mol. The Kier molecular flexibility index (Phi) is 6.11. The third kappa shape index (κ3) is 4.77. The van der Waals surface area contributed by atoms with E-state index in [4.69, 9.17) is 14.7 Å². The summed E-state index contributed by atoms with van der Waals surface area (Å²) < 4.78 is 52.3. The van der Waals surface area contributed by atoms with Crippen LogP contribution in [0.5, 0.6) is 11.6 Å². The Bertz CT molecular complexity index is 966. The molecule has 1 N–H and O–H groups in total. The van der Waals surface area contributed by atoms with E-state index in [9.17, 15) is 12.8 Å². The molecule has 0 aliphatic heterocycles. The monoisotopic (exact) mass is 405 g/mol. The predicted octanol–water partition coefficient (Wildman–Crippen LogP) is 2.77. The van der Waals surface area contributed by atoms with Crippen molar-refractivity contribution in [3.63, 3.8) is 0 Å². The molecule has 1 aromatic carbocycles. The number of methoxy groups -OCH3 is 1. The summed E-state index contributed by atoms with van der Waals surface area (Å²) in [5.74, 6) is -0.112. The topological polar surface area (TPSA) is 101 Å². The number of nitrogens with zero attached hydrogens (tertiary/aromatic N) is 2. The first kappa shape index (κ1) is 20.0. The second kappa shape index (κ2) is 8.54. The van der Waals surface area contributed by atoms with Crippen LogP contribution >= 0.6 is 0 Å². The highest BCUT2D eigenvalue weighted by Crippen LogP contribution is 2.27. The zero-order chi connectivity index (χ0) is 20.1. The predicted molar refractivity (Wildman–Crippen MR) is 98.9 cm³/mol. The van der Waals surface area contributed by atoms with Gasteiger partial charge in [-0.2, -0.15) is 5.26 Å². The molecule has 0 atom stereocenters. The maximum absolute atomic E-state index is 13.5. The molecule has 1 heterocycles. The molecule has 7 nitrogen and oxygen atoms in total. The van der Waals surface area contributed by atoms with Gasteiger partial charge < -0.3 is 9.47 Å². The minimum Gasteiger partial charge on any atom is -0.495 e. The fraction of sp³-hybridized carbons (Fsp3) is 0.368. The molecule has 0 radical (unpaired) electrons. The second-order valence-corrected chi connectivity index (χ2v) is 8.19. The number of pyridine rings is 1. The molecule has 1 aliphatic carbocycles. The third-order valence-corrected chi connectivity index (χ3v) is 6.11. The van der Waals surface area contributed by atoms with Gasteiger partial charge >= 0.3 is 0 Å². The van der Waals surface area contributed by atoms with Gasteiger partial charge in [-0.25, -0.2) is 22.5 Å². The molecule has 9 heteroatoms. The Balaban J connectivity index is 1.59. The maximum Gasteiger partial charge on any atom is 0.244 e. The molecule has 1 aromatic heterocycles. The number of sulfonamides is 1. The van der Waals surface area contributed by atoms with Crippen molar-refractivity contribution in [1.82, 2.24) is 9.71 Å². The van der Waals surface area contributed by atoms with Gasteiger partial charge in [-0.3, -0.25) is 0 Å². The molecular formula is C19H20FN3O4S. The van der Waals surface area contributed by atoms with Crippen LogP contribution in [0.25, 0.3) is 0 Å². The van der Waals surface area contributed by atoms with E-state index in [1.54, 1.807) is 12.1 Å². The lowest BCUT2D eigenvalue weighted by Crippen LogP contribution is -2.39. The fourth-order valence-electron chi connectivity index (χ4n) is 3.13. The van der Waals surface area contributed by atoms with E-state index in [0.29, 0.717) is 37.1 Å². The van der Waals surface area contributed by atoms with Gasteiger partial charge in [0.1, 0.15) is 28.6 Å². The lowest BCUT2D eigenvalue weighted by Gasteiger charge is -2.29. The molecule has 1 fully saturated rings. The van der Waals surface area contributed by atoms with E-state index in [1.807, 2.05) is 6.07 Å². The first-order chi connectivity index (χ1) is 13.4. The Morgan fingerprint density at radius 3 is 2.57 bits per heavy atom. The lowest BCUT2D eigenvalue weighted by atomic mass is 9.94. The second-order valence-electron chi connectivity index (χ2n) is 6.50. The van der Waals surface area contributed by atoms with Crippen molar-refractivity contribution in [3.8, 4) is 17.7 Å². The van der Waals surface area contributed by atoms with Crippen molar-refractivity contribution in [2.45, 2.75) is 42.7 Å². The SMILES string of the molecule is COc1ccc(F)cc1S(=O)(=O)NC1CCC(Oc2ccc(C#N)cn2)CC1. The number of nitriles is 1. The van der Waals surface area contributed by atoms with Crippen molar-refractivity contribution in [2.75, 3.05) is 7.11 Å². The normalized spacial score (nSPS) is 19.6. The Hall–Kier alpha value is -2.70. The van der Waals surface area contributed by atoms with Crippen LogP contribution in [-0.2, 0) is 10.0 Å². The van der Waals surface area contributed by atoms with Gasteiger partial charge in [-0.15, -0.1) is 0 Å². The van der Waals surface area contributed by atoms with Gasteiger partial charge in [0, 0.05) is 18.3 Å². The van der Waals surface area contributed by atoms with Crippen LogP contribution in [0.15, 0.2) is 41.4 Å². The summed E-state index contributed by atoms with van der Waals surface area (Å²) in [5, 5.41) is 8.79. The largest absolute Gasteiger partial charge is 0.495 e. The van der Waals surface area contributed by atoms with Gasteiger partial charge in [0.05, 0.1) is 12.7 Å². The van der Waals surface area contributed by atoms with Crippen LogP contribution in [-0.4, -0.2) is 32.7 Å². The highest BCUT2D eigenvalue weighted by atomic mass is 32.2. The third-order valence-electron chi connectivity index (χ3n) is 4.56. The number of benzene rings is 1. The molecule has 0 bridgehead atoms. The number of nitrogens with one attached hydrogen (secondary N) is 1. The molecule has 1 saturated carbocycles. The fourth-order valence-corrected chi connectivity index (χ4v) is 4.61. The first-order valence-corrected chi connectivity index (χ1v) is 10.3. The Morgan fingerprint density at radius 1 is 1.21 bits per heavy atom. The molecule has 0 spiro atoms. The highest BCUT2D eigenvalue weighted by molar-refractivity contribution is 7.89. The van der Waals surface area contributed by atoms with E-state index in [1.165, 1.54) is 19.4 Å². The summed E-state index contributed by atoms with van der Waals surface area (Å²) in [5.41, 5.74) is 0.457. The summed E-state index contributed by atoms with van der Waals surface area (Å²) in [6.07, 6.45) is 3.83. The van der Waals surface area contributed by atoms with E-state index < -0.39 is 15.8 Å². The lowest BCUT2D eigenvalue weighted by molar-refractivity contribution is 0.138. The minimum absolute atomic E-state index is 0.0788. The average Bonchev–Trinajstić information content (AvgIpc) is 2.70. The number of aromatic nitrogens is 1. The van der Waals surface area contributed by atoms with Crippen LogP contribution in [0.1, 0.15) is 31.2 Å². The summed E-state index contributed by atoms with van der Waals surface area (Å²) in [6.45, 7) is 0. The minimum atomic E-state index is -3.91.